The van der Waals surface area contributed by atoms with Gasteiger partial charge >= 0.3 is 0 Å². The molecule has 0 fully saturated rings. The fourth-order valence-corrected chi connectivity index (χ4v) is 1.55. The molecule has 0 aliphatic heterocycles. The first-order chi connectivity index (χ1) is 6.29. The molecular weight excluding hydrogens is 205 g/mol. The number of pyridine rings is 1. The quantitative estimate of drug-likeness (QED) is 0.657. The highest BCUT2D eigenvalue weighted by molar-refractivity contribution is 6.31. The molecule has 0 spiro atoms. The third kappa shape index (κ3) is 1.77. The van der Waals surface area contributed by atoms with Crippen molar-refractivity contribution in [1.82, 2.24) is 4.98 Å². The van der Waals surface area contributed by atoms with E-state index < -0.39 is 0 Å². The maximum atomic E-state index is 5.85. The van der Waals surface area contributed by atoms with Gasteiger partial charge in [0.25, 0.3) is 0 Å². The first-order valence-electron chi connectivity index (χ1n) is 3.90. The van der Waals surface area contributed by atoms with Gasteiger partial charge in [-0.1, -0.05) is 11.6 Å². The predicted octanol–water partition coefficient (Wildman–Crippen LogP) is 3.63. The first kappa shape index (κ1) is 8.79. The van der Waals surface area contributed by atoms with E-state index in [0.29, 0.717) is 5.88 Å². The second-order valence-corrected chi connectivity index (χ2v) is 3.52. The van der Waals surface area contributed by atoms with E-state index in [1.807, 2.05) is 24.3 Å². The number of hydrogen-bond acceptors (Lipinski definition) is 1. The van der Waals surface area contributed by atoms with Gasteiger partial charge in [0, 0.05) is 22.5 Å². The number of fused-ring (bicyclic) bond motifs is 1. The van der Waals surface area contributed by atoms with Gasteiger partial charge in [0.2, 0.25) is 0 Å². The summed E-state index contributed by atoms with van der Waals surface area (Å²) in [6, 6.07) is 7.62. The van der Waals surface area contributed by atoms with Crippen molar-refractivity contribution >= 4 is 34.1 Å². The van der Waals surface area contributed by atoms with Crippen molar-refractivity contribution in [3.8, 4) is 0 Å². The molecule has 1 heterocycles. The lowest BCUT2D eigenvalue weighted by Crippen LogP contribution is -1.83. The van der Waals surface area contributed by atoms with Crippen molar-refractivity contribution in [2.75, 3.05) is 0 Å². The topological polar surface area (TPSA) is 12.9 Å². The average Bonchev–Trinajstić information content (AvgIpc) is 2.16. The molecule has 2 aromatic rings. The largest absolute Gasteiger partial charge is 0.256 e. The zero-order valence-electron chi connectivity index (χ0n) is 6.80. The molecule has 0 bridgehead atoms. The lowest BCUT2D eigenvalue weighted by Gasteiger charge is -1.99. The van der Waals surface area contributed by atoms with Crippen LogP contribution in [0.4, 0.5) is 0 Å². The van der Waals surface area contributed by atoms with E-state index >= 15 is 0 Å². The molecule has 0 N–H and O–H groups in total. The van der Waals surface area contributed by atoms with Crippen molar-refractivity contribution in [2.45, 2.75) is 5.88 Å². The van der Waals surface area contributed by atoms with Crippen LogP contribution in [-0.2, 0) is 5.88 Å². The number of nitrogens with zero attached hydrogens (tertiary/aromatic N) is 1. The van der Waals surface area contributed by atoms with Crippen molar-refractivity contribution < 1.29 is 0 Å². The number of benzene rings is 1. The Morgan fingerprint density at radius 3 is 2.85 bits per heavy atom. The summed E-state index contributed by atoms with van der Waals surface area (Å²) in [5, 5.41) is 1.76. The van der Waals surface area contributed by atoms with Gasteiger partial charge in [0.05, 0.1) is 5.52 Å². The number of hydrogen-bond donors (Lipinski definition) is 0. The summed E-state index contributed by atoms with van der Waals surface area (Å²) in [5.74, 6) is 0.482. The van der Waals surface area contributed by atoms with Crippen molar-refractivity contribution in [3.63, 3.8) is 0 Å². The van der Waals surface area contributed by atoms with Gasteiger partial charge in [-0.25, -0.2) is 0 Å². The predicted molar refractivity (Wildman–Crippen MR) is 56.3 cm³/mol. The van der Waals surface area contributed by atoms with Crippen molar-refractivity contribution in [1.29, 1.82) is 0 Å². The summed E-state index contributed by atoms with van der Waals surface area (Å²) >= 11 is 11.5. The Bertz CT molecular complexity index is 440. The zero-order valence-corrected chi connectivity index (χ0v) is 8.31. The van der Waals surface area contributed by atoms with Gasteiger partial charge in [0.15, 0.2) is 0 Å². The van der Waals surface area contributed by atoms with E-state index in [4.69, 9.17) is 23.2 Å². The average molecular weight is 212 g/mol. The number of aromatic nitrogens is 1. The van der Waals surface area contributed by atoms with Crippen LogP contribution in [0.2, 0.25) is 5.02 Å². The molecule has 1 aromatic heterocycles. The van der Waals surface area contributed by atoms with Crippen LogP contribution in [-0.4, -0.2) is 4.98 Å². The minimum atomic E-state index is 0.482. The highest BCUT2D eigenvalue weighted by Crippen LogP contribution is 2.19. The third-order valence-electron chi connectivity index (χ3n) is 1.85. The lowest BCUT2D eigenvalue weighted by molar-refractivity contribution is 1.30. The zero-order chi connectivity index (χ0) is 9.26. The summed E-state index contributed by atoms with van der Waals surface area (Å²) in [6.07, 6.45) is 1.78. The third-order valence-corrected chi connectivity index (χ3v) is 2.40. The Hall–Kier alpha value is -0.790. The van der Waals surface area contributed by atoms with E-state index in [2.05, 4.69) is 4.98 Å². The molecule has 1 nitrogen and oxygen atoms in total. The van der Waals surface area contributed by atoms with Gasteiger partial charge in [-0.15, -0.1) is 11.6 Å². The SMILES string of the molecule is ClCc1cnc2ccc(Cl)cc2c1. The fraction of sp³-hybridized carbons (Fsp3) is 0.100. The van der Waals surface area contributed by atoms with E-state index in [1.54, 1.807) is 6.20 Å². The van der Waals surface area contributed by atoms with Gasteiger partial charge in [0.1, 0.15) is 0 Å². The molecule has 0 amide bonds. The summed E-state index contributed by atoms with van der Waals surface area (Å²) in [5.41, 5.74) is 1.95. The molecule has 0 radical (unpaired) electrons. The Labute approximate surface area is 86.3 Å². The van der Waals surface area contributed by atoms with E-state index in [-0.39, 0.29) is 0 Å². The molecule has 0 aliphatic rings. The molecule has 13 heavy (non-hydrogen) atoms. The van der Waals surface area contributed by atoms with Crippen LogP contribution in [0.5, 0.6) is 0 Å². The number of halogens is 2. The molecule has 0 unspecified atom stereocenters. The molecule has 2 rings (SSSR count). The van der Waals surface area contributed by atoms with Crippen LogP contribution in [0.3, 0.4) is 0 Å². The smallest absolute Gasteiger partial charge is 0.0703 e. The second kappa shape index (κ2) is 3.52. The van der Waals surface area contributed by atoms with E-state index in [0.717, 1.165) is 21.5 Å². The Kier molecular flexibility index (Phi) is 2.38. The van der Waals surface area contributed by atoms with Gasteiger partial charge in [-0.2, -0.15) is 0 Å². The molecule has 66 valence electrons. The van der Waals surface area contributed by atoms with Crippen LogP contribution in [0.25, 0.3) is 10.9 Å². The summed E-state index contributed by atoms with van der Waals surface area (Å²) in [4.78, 5) is 4.25. The Morgan fingerprint density at radius 2 is 2.08 bits per heavy atom. The maximum absolute atomic E-state index is 5.85. The minimum Gasteiger partial charge on any atom is -0.256 e. The summed E-state index contributed by atoms with van der Waals surface area (Å²) in [7, 11) is 0. The van der Waals surface area contributed by atoms with Gasteiger partial charge in [-0.05, 0) is 29.8 Å². The van der Waals surface area contributed by atoms with Crippen molar-refractivity contribution in [3.05, 3.63) is 41.0 Å². The highest BCUT2D eigenvalue weighted by atomic mass is 35.5. The molecule has 0 atom stereocenters. The van der Waals surface area contributed by atoms with E-state index in [9.17, 15) is 0 Å². The van der Waals surface area contributed by atoms with E-state index in [1.165, 1.54) is 0 Å². The normalized spacial score (nSPS) is 10.6. The molecule has 1 aromatic carbocycles. The van der Waals surface area contributed by atoms with Gasteiger partial charge < -0.3 is 0 Å². The van der Waals surface area contributed by atoms with Crippen LogP contribution < -0.4 is 0 Å². The maximum Gasteiger partial charge on any atom is 0.0703 e. The first-order valence-corrected chi connectivity index (χ1v) is 4.81. The van der Waals surface area contributed by atoms with Crippen LogP contribution in [0.1, 0.15) is 5.56 Å². The lowest BCUT2D eigenvalue weighted by atomic mass is 10.2. The standard InChI is InChI=1S/C10H7Cl2N/c11-5-7-3-8-4-9(12)1-2-10(8)13-6-7/h1-4,6H,5H2. The minimum absolute atomic E-state index is 0.482. The molecule has 0 saturated carbocycles. The molecule has 3 heteroatoms. The van der Waals surface area contributed by atoms with Crippen molar-refractivity contribution in [2.24, 2.45) is 0 Å². The molecule has 0 saturated heterocycles. The monoisotopic (exact) mass is 211 g/mol. The Balaban J connectivity index is 2.68. The molecule has 0 aliphatic carbocycles. The Morgan fingerprint density at radius 1 is 1.23 bits per heavy atom. The highest BCUT2D eigenvalue weighted by Gasteiger charge is 1.97. The number of rotatable bonds is 1. The van der Waals surface area contributed by atoms with Gasteiger partial charge in [-0.3, -0.25) is 4.98 Å². The van der Waals surface area contributed by atoms with Crippen LogP contribution in [0, 0.1) is 0 Å². The molecular formula is C10H7Cl2N. The number of alkyl halides is 1. The van der Waals surface area contributed by atoms with Crippen LogP contribution in [0.15, 0.2) is 30.5 Å². The fourth-order valence-electron chi connectivity index (χ4n) is 1.22. The van der Waals surface area contributed by atoms with Crippen LogP contribution >= 0.6 is 23.2 Å². The summed E-state index contributed by atoms with van der Waals surface area (Å²) < 4.78 is 0. The summed E-state index contributed by atoms with van der Waals surface area (Å²) in [6.45, 7) is 0. The second-order valence-electron chi connectivity index (χ2n) is 2.81.